The molecule has 3 aromatic rings. The summed E-state index contributed by atoms with van der Waals surface area (Å²) in [4.78, 5) is 0. The Kier molecular flexibility index (Phi) is 3.53. The minimum Gasteiger partial charge on any atom is -0.464 e. The quantitative estimate of drug-likeness (QED) is 0.693. The highest BCUT2D eigenvalue weighted by Gasteiger charge is 2.08. The van der Waals surface area contributed by atoms with Crippen molar-refractivity contribution >= 4 is 32.6 Å². The number of hydrogen-bond donors (Lipinski definition) is 1. The van der Waals surface area contributed by atoms with E-state index in [9.17, 15) is 0 Å². The minimum absolute atomic E-state index is 0.750. The van der Waals surface area contributed by atoms with Gasteiger partial charge in [0, 0.05) is 22.0 Å². The van der Waals surface area contributed by atoms with Crippen molar-refractivity contribution in [2.24, 2.45) is 0 Å². The number of hydrogen-bond acceptors (Lipinski definition) is 2. The maximum absolute atomic E-state index is 5.57. The molecule has 0 unspecified atom stereocenters. The second kappa shape index (κ2) is 5.33. The van der Waals surface area contributed by atoms with E-state index in [-0.39, 0.29) is 0 Å². The highest BCUT2D eigenvalue weighted by Crippen LogP contribution is 2.29. The first-order valence-corrected chi connectivity index (χ1v) is 7.40. The molecule has 0 spiro atoms. The van der Waals surface area contributed by atoms with Crippen LogP contribution in [0.5, 0.6) is 0 Å². The van der Waals surface area contributed by atoms with Crippen molar-refractivity contribution in [2.75, 3.05) is 5.32 Å². The van der Waals surface area contributed by atoms with E-state index < -0.39 is 0 Å². The van der Waals surface area contributed by atoms with Gasteiger partial charge >= 0.3 is 0 Å². The molecule has 0 bridgehead atoms. The molecule has 0 fully saturated rings. The Bertz CT molecular complexity index is 738. The van der Waals surface area contributed by atoms with Crippen LogP contribution in [0, 0.1) is 13.8 Å². The van der Waals surface area contributed by atoms with Crippen LogP contribution in [0.3, 0.4) is 0 Å². The minimum atomic E-state index is 0.750. The predicted octanol–water partition coefficient (Wildman–Crippen LogP) is 5.42. The Labute approximate surface area is 126 Å². The number of aryl methyl sites for hydroxylation is 2. The molecule has 1 heterocycles. The zero-order valence-electron chi connectivity index (χ0n) is 11.5. The monoisotopic (exact) mass is 329 g/mol. The molecular weight excluding hydrogens is 314 g/mol. The average molecular weight is 330 g/mol. The molecule has 3 rings (SSSR count). The SMILES string of the molecule is Cc1cc(C)c(NCc2coc3ccccc23)c(Br)c1. The molecule has 0 aliphatic heterocycles. The highest BCUT2D eigenvalue weighted by molar-refractivity contribution is 9.10. The summed E-state index contributed by atoms with van der Waals surface area (Å²) in [5.41, 5.74) is 5.75. The second-order valence-electron chi connectivity index (χ2n) is 5.05. The smallest absolute Gasteiger partial charge is 0.134 e. The first-order valence-electron chi connectivity index (χ1n) is 6.61. The Morgan fingerprint density at radius 1 is 1.15 bits per heavy atom. The number of furan rings is 1. The van der Waals surface area contributed by atoms with Gasteiger partial charge in [-0.3, -0.25) is 0 Å². The zero-order chi connectivity index (χ0) is 14.1. The van der Waals surface area contributed by atoms with Crippen molar-refractivity contribution in [3.8, 4) is 0 Å². The summed E-state index contributed by atoms with van der Waals surface area (Å²) >= 11 is 3.63. The van der Waals surface area contributed by atoms with Crippen LogP contribution >= 0.6 is 15.9 Å². The number of para-hydroxylation sites is 1. The summed E-state index contributed by atoms with van der Waals surface area (Å²) in [7, 11) is 0. The Hall–Kier alpha value is -1.74. The number of rotatable bonds is 3. The van der Waals surface area contributed by atoms with Gasteiger partial charge in [0.25, 0.3) is 0 Å². The molecule has 0 saturated heterocycles. The molecule has 0 radical (unpaired) electrons. The fraction of sp³-hybridized carbons (Fsp3) is 0.176. The molecule has 1 N–H and O–H groups in total. The lowest BCUT2D eigenvalue weighted by atomic mass is 10.1. The molecule has 0 aliphatic rings. The van der Waals surface area contributed by atoms with Crippen molar-refractivity contribution < 1.29 is 4.42 Å². The van der Waals surface area contributed by atoms with Gasteiger partial charge in [-0.15, -0.1) is 0 Å². The van der Waals surface area contributed by atoms with E-state index in [0.717, 1.165) is 22.3 Å². The number of fused-ring (bicyclic) bond motifs is 1. The van der Waals surface area contributed by atoms with Crippen LogP contribution in [0.2, 0.25) is 0 Å². The summed E-state index contributed by atoms with van der Waals surface area (Å²) in [5.74, 6) is 0. The molecule has 0 amide bonds. The first kappa shape index (κ1) is 13.3. The molecular formula is C17H16BrNO. The van der Waals surface area contributed by atoms with Crippen molar-refractivity contribution in [3.63, 3.8) is 0 Å². The average Bonchev–Trinajstić information content (AvgIpc) is 2.81. The van der Waals surface area contributed by atoms with Crippen LogP contribution in [0.4, 0.5) is 5.69 Å². The largest absolute Gasteiger partial charge is 0.464 e. The van der Waals surface area contributed by atoms with E-state index in [1.807, 2.05) is 24.5 Å². The molecule has 20 heavy (non-hydrogen) atoms. The van der Waals surface area contributed by atoms with Gasteiger partial charge in [0.2, 0.25) is 0 Å². The standard InChI is InChI=1S/C17H16BrNO/c1-11-7-12(2)17(15(18)8-11)19-9-13-10-20-16-6-4-3-5-14(13)16/h3-8,10,19H,9H2,1-2H3. The van der Waals surface area contributed by atoms with Crippen LogP contribution in [-0.2, 0) is 6.54 Å². The van der Waals surface area contributed by atoms with Crippen LogP contribution < -0.4 is 5.32 Å². The molecule has 0 atom stereocenters. The number of halogens is 1. The van der Waals surface area contributed by atoms with Crippen molar-refractivity contribution in [3.05, 3.63) is 63.8 Å². The molecule has 2 nitrogen and oxygen atoms in total. The third-order valence-corrected chi connectivity index (χ3v) is 4.07. The molecule has 2 aromatic carbocycles. The summed E-state index contributed by atoms with van der Waals surface area (Å²) in [6.45, 7) is 4.97. The highest BCUT2D eigenvalue weighted by atomic mass is 79.9. The maximum atomic E-state index is 5.57. The zero-order valence-corrected chi connectivity index (χ0v) is 13.1. The lowest BCUT2D eigenvalue weighted by molar-refractivity contribution is 0.611. The van der Waals surface area contributed by atoms with Crippen LogP contribution in [0.1, 0.15) is 16.7 Å². The van der Waals surface area contributed by atoms with Gasteiger partial charge in [-0.1, -0.05) is 24.3 Å². The fourth-order valence-electron chi connectivity index (χ4n) is 2.49. The van der Waals surface area contributed by atoms with Crippen LogP contribution in [-0.4, -0.2) is 0 Å². The van der Waals surface area contributed by atoms with Gasteiger partial charge in [0.15, 0.2) is 0 Å². The van der Waals surface area contributed by atoms with Crippen LogP contribution in [0.25, 0.3) is 11.0 Å². The molecule has 3 heteroatoms. The van der Waals surface area contributed by atoms with E-state index in [1.165, 1.54) is 22.1 Å². The topological polar surface area (TPSA) is 25.2 Å². The third-order valence-electron chi connectivity index (χ3n) is 3.45. The van der Waals surface area contributed by atoms with E-state index in [1.54, 1.807) is 0 Å². The second-order valence-corrected chi connectivity index (χ2v) is 5.90. The van der Waals surface area contributed by atoms with Gasteiger partial charge in [0.1, 0.15) is 5.58 Å². The van der Waals surface area contributed by atoms with Gasteiger partial charge in [-0.05, 0) is 53.0 Å². The lowest BCUT2D eigenvalue weighted by Gasteiger charge is -2.12. The summed E-state index contributed by atoms with van der Waals surface area (Å²) in [6.07, 6.45) is 1.83. The maximum Gasteiger partial charge on any atom is 0.134 e. The van der Waals surface area contributed by atoms with Crippen molar-refractivity contribution in [1.29, 1.82) is 0 Å². The number of anilines is 1. The fourth-order valence-corrected chi connectivity index (χ4v) is 3.31. The van der Waals surface area contributed by atoms with Gasteiger partial charge < -0.3 is 9.73 Å². The Morgan fingerprint density at radius 3 is 2.75 bits per heavy atom. The number of nitrogens with one attached hydrogen (secondary N) is 1. The van der Waals surface area contributed by atoms with E-state index in [2.05, 4.69) is 53.3 Å². The number of benzene rings is 2. The van der Waals surface area contributed by atoms with Crippen LogP contribution in [0.15, 0.2) is 51.6 Å². The van der Waals surface area contributed by atoms with E-state index in [0.29, 0.717) is 0 Å². The molecule has 0 aliphatic carbocycles. The third kappa shape index (κ3) is 2.46. The normalized spacial score (nSPS) is 10.9. The Morgan fingerprint density at radius 2 is 1.95 bits per heavy atom. The van der Waals surface area contributed by atoms with Gasteiger partial charge in [-0.25, -0.2) is 0 Å². The van der Waals surface area contributed by atoms with Crippen molar-refractivity contribution in [2.45, 2.75) is 20.4 Å². The van der Waals surface area contributed by atoms with Gasteiger partial charge in [0.05, 0.1) is 12.0 Å². The van der Waals surface area contributed by atoms with E-state index in [4.69, 9.17) is 4.42 Å². The van der Waals surface area contributed by atoms with E-state index >= 15 is 0 Å². The van der Waals surface area contributed by atoms with Gasteiger partial charge in [-0.2, -0.15) is 0 Å². The van der Waals surface area contributed by atoms with Crippen molar-refractivity contribution in [1.82, 2.24) is 0 Å². The Balaban J connectivity index is 1.87. The predicted molar refractivity (Wildman–Crippen MR) is 87.2 cm³/mol. The first-order chi connectivity index (χ1) is 9.65. The molecule has 0 saturated carbocycles. The summed E-state index contributed by atoms with van der Waals surface area (Å²) in [5, 5.41) is 4.66. The summed E-state index contributed by atoms with van der Waals surface area (Å²) in [6, 6.07) is 12.4. The molecule has 102 valence electrons. The summed E-state index contributed by atoms with van der Waals surface area (Å²) < 4.78 is 6.67. The molecule has 1 aromatic heterocycles. The lowest BCUT2D eigenvalue weighted by Crippen LogP contribution is -2.01.